The molecule has 2 N–H and O–H groups in total. The Morgan fingerprint density at radius 2 is 2.28 bits per heavy atom. The lowest BCUT2D eigenvalue weighted by molar-refractivity contribution is 0.0931. The Kier molecular flexibility index (Phi) is 5.94. The number of aliphatic hydroxyl groups is 1. The van der Waals surface area contributed by atoms with Crippen LogP contribution in [0.2, 0.25) is 0 Å². The van der Waals surface area contributed by atoms with Gasteiger partial charge in [0.1, 0.15) is 12.4 Å². The van der Waals surface area contributed by atoms with Gasteiger partial charge >= 0.3 is 0 Å². The van der Waals surface area contributed by atoms with Crippen molar-refractivity contribution in [2.75, 3.05) is 13.2 Å². The van der Waals surface area contributed by atoms with Gasteiger partial charge in [-0.2, -0.15) is 0 Å². The molecule has 0 saturated carbocycles. The topological polar surface area (TPSA) is 58.6 Å². The first-order valence-electron chi connectivity index (χ1n) is 5.93. The minimum atomic E-state index is -0.199. The van der Waals surface area contributed by atoms with Gasteiger partial charge in [0.15, 0.2) is 0 Å². The molecule has 1 rings (SSSR count). The number of ether oxygens (including phenoxy) is 1. The van der Waals surface area contributed by atoms with E-state index in [0.29, 0.717) is 24.3 Å². The van der Waals surface area contributed by atoms with Gasteiger partial charge in [-0.15, -0.1) is 0 Å². The Hall–Kier alpha value is -1.81. The quantitative estimate of drug-likeness (QED) is 0.724. The lowest BCUT2D eigenvalue weighted by Gasteiger charge is -2.14. The Morgan fingerprint density at radius 3 is 2.94 bits per heavy atom. The van der Waals surface area contributed by atoms with Crippen molar-refractivity contribution in [1.29, 1.82) is 0 Å². The summed E-state index contributed by atoms with van der Waals surface area (Å²) in [5.74, 6) is 0.335. The summed E-state index contributed by atoms with van der Waals surface area (Å²) < 4.78 is 5.42. The number of rotatable bonds is 7. The lowest BCUT2D eigenvalue weighted by atomic mass is 10.1. The van der Waals surface area contributed by atoms with Crippen LogP contribution in [-0.4, -0.2) is 30.3 Å². The highest BCUT2D eigenvalue weighted by Crippen LogP contribution is 2.18. The maximum Gasteiger partial charge on any atom is 0.255 e. The number of nitrogens with one attached hydrogen (secondary N) is 1. The molecule has 0 saturated heterocycles. The van der Waals surface area contributed by atoms with Crippen molar-refractivity contribution in [2.45, 2.75) is 19.4 Å². The maximum atomic E-state index is 12.0. The summed E-state index contributed by atoms with van der Waals surface area (Å²) in [6, 6.07) is 6.97. The summed E-state index contributed by atoms with van der Waals surface area (Å²) in [5, 5.41) is 11.6. The molecule has 0 aliphatic rings. The van der Waals surface area contributed by atoms with Crippen molar-refractivity contribution in [2.24, 2.45) is 0 Å². The number of hydrogen-bond donors (Lipinski definition) is 2. The first-order valence-corrected chi connectivity index (χ1v) is 5.93. The van der Waals surface area contributed by atoms with Crippen LogP contribution in [0.15, 0.2) is 36.9 Å². The molecule has 4 heteroatoms. The van der Waals surface area contributed by atoms with Crippen molar-refractivity contribution >= 4 is 5.91 Å². The van der Waals surface area contributed by atoms with Crippen molar-refractivity contribution in [3.63, 3.8) is 0 Å². The highest BCUT2D eigenvalue weighted by molar-refractivity contribution is 5.97. The third-order valence-corrected chi connectivity index (χ3v) is 2.43. The minimum Gasteiger partial charge on any atom is -0.489 e. The van der Waals surface area contributed by atoms with Crippen LogP contribution in [0.3, 0.4) is 0 Å². The number of hydrogen-bond acceptors (Lipinski definition) is 3. The molecule has 4 nitrogen and oxygen atoms in total. The van der Waals surface area contributed by atoms with Gasteiger partial charge in [0.2, 0.25) is 0 Å². The van der Waals surface area contributed by atoms with Crippen LogP contribution >= 0.6 is 0 Å². The fraction of sp³-hybridized carbons (Fsp3) is 0.357. The highest BCUT2D eigenvalue weighted by atomic mass is 16.5. The largest absolute Gasteiger partial charge is 0.489 e. The fourth-order valence-corrected chi connectivity index (χ4v) is 1.50. The number of para-hydroxylation sites is 1. The van der Waals surface area contributed by atoms with Crippen LogP contribution in [0.1, 0.15) is 23.7 Å². The Bertz CT molecular complexity index is 404. The molecule has 0 heterocycles. The van der Waals surface area contributed by atoms with E-state index in [1.165, 1.54) is 0 Å². The Balaban J connectivity index is 2.74. The molecular formula is C14H19NO3. The number of carbonyl (C=O) groups is 1. The van der Waals surface area contributed by atoms with Crippen molar-refractivity contribution < 1.29 is 14.6 Å². The van der Waals surface area contributed by atoms with E-state index in [1.54, 1.807) is 24.3 Å². The van der Waals surface area contributed by atoms with Gasteiger partial charge in [-0.05, 0) is 25.5 Å². The van der Waals surface area contributed by atoms with Crippen LogP contribution in [0.5, 0.6) is 5.75 Å². The number of aliphatic hydroxyl groups excluding tert-OH is 1. The van der Waals surface area contributed by atoms with Crippen LogP contribution in [0.4, 0.5) is 0 Å². The summed E-state index contributed by atoms with van der Waals surface area (Å²) in [5.41, 5.74) is 0.490. The van der Waals surface area contributed by atoms with Gasteiger partial charge in [0.25, 0.3) is 5.91 Å². The fourth-order valence-electron chi connectivity index (χ4n) is 1.50. The van der Waals surface area contributed by atoms with Gasteiger partial charge < -0.3 is 15.2 Å². The summed E-state index contributed by atoms with van der Waals surface area (Å²) >= 11 is 0. The second-order valence-electron chi connectivity index (χ2n) is 3.98. The van der Waals surface area contributed by atoms with Gasteiger partial charge in [-0.3, -0.25) is 4.79 Å². The minimum absolute atomic E-state index is 0.0516. The molecule has 0 bridgehead atoms. The molecule has 0 aromatic heterocycles. The molecule has 0 aliphatic carbocycles. The van der Waals surface area contributed by atoms with E-state index in [-0.39, 0.29) is 18.6 Å². The molecule has 1 aromatic carbocycles. The smallest absolute Gasteiger partial charge is 0.255 e. The van der Waals surface area contributed by atoms with Crippen LogP contribution in [0.25, 0.3) is 0 Å². The monoisotopic (exact) mass is 249 g/mol. The third-order valence-electron chi connectivity index (χ3n) is 2.43. The second-order valence-corrected chi connectivity index (χ2v) is 3.98. The molecule has 1 aromatic rings. The average Bonchev–Trinajstić information content (AvgIpc) is 2.36. The van der Waals surface area contributed by atoms with Crippen LogP contribution < -0.4 is 10.1 Å². The van der Waals surface area contributed by atoms with E-state index < -0.39 is 0 Å². The SMILES string of the molecule is C=CCOc1ccccc1C(=O)NC(C)CCO. The Labute approximate surface area is 107 Å². The molecule has 18 heavy (non-hydrogen) atoms. The third kappa shape index (κ3) is 4.22. The van der Waals surface area contributed by atoms with Crippen molar-refractivity contribution in [3.05, 3.63) is 42.5 Å². The number of benzene rings is 1. The number of carbonyl (C=O) groups excluding carboxylic acids is 1. The maximum absolute atomic E-state index is 12.0. The lowest BCUT2D eigenvalue weighted by Crippen LogP contribution is -2.33. The predicted molar refractivity (Wildman–Crippen MR) is 70.8 cm³/mol. The molecule has 0 spiro atoms. The molecule has 1 unspecified atom stereocenters. The van der Waals surface area contributed by atoms with Crippen LogP contribution in [-0.2, 0) is 0 Å². The van der Waals surface area contributed by atoms with Gasteiger partial charge in [0, 0.05) is 12.6 Å². The van der Waals surface area contributed by atoms with Gasteiger partial charge in [-0.1, -0.05) is 24.8 Å². The van der Waals surface area contributed by atoms with E-state index in [2.05, 4.69) is 11.9 Å². The standard InChI is InChI=1S/C14H19NO3/c1-3-10-18-13-7-5-4-6-12(13)14(17)15-11(2)8-9-16/h3-7,11,16H,1,8-10H2,2H3,(H,15,17). The molecule has 0 aliphatic heterocycles. The summed E-state index contributed by atoms with van der Waals surface area (Å²) in [4.78, 5) is 12.0. The molecule has 0 fully saturated rings. The van der Waals surface area contributed by atoms with Crippen molar-refractivity contribution in [3.8, 4) is 5.75 Å². The molecular weight excluding hydrogens is 230 g/mol. The first kappa shape index (κ1) is 14.3. The zero-order valence-electron chi connectivity index (χ0n) is 10.6. The number of amides is 1. The zero-order chi connectivity index (χ0) is 13.4. The molecule has 1 amide bonds. The summed E-state index contributed by atoms with van der Waals surface area (Å²) in [6.45, 7) is 5.83. The normalized spacial score (nSPS) is 11.7. The van der Waals surface area contributed by atoms with Gasteiger partial charge in [0.05, 0.1) is 5.56 Å². The first-order chi connectivity index (χ1) is 8.69. The van der Waals surface area contributed by atoms with E-state index >= 15 is 0 Å². The van der Waals surface area contributed by atoms with E-state index in [4.69, 9.17) is 9.84 Å². The van der Waals surface area contributed by atoms with E-state index in [1.807, 2.05) is 13.0 Å². The highest BCUT2D eigenvalue weighted by Gasteiger charge is 2.13. The molecule has 1 atom stereocenters. The van der Waals surface area contributed by atoms with Crippen LogP contribution in [0, 0.1) is 0 Å². The second kappa shape index (κ2) is 7.50. The molecule has 0 radical (unpaired) electrons. The summed E-state index contributed by atoms with van der Waals surface area (Å²) in [6.07, 6.45) is 2.16. The summed E-state index contributed by atoms with van der Waals surface area (Å²) in [7, 11) is 0. The molecule has 98 valence electrons. The average molecular weight is 249 g/mol. The predicted octanol–water partition coefficient (Wildman–Crippen LogP) is 1.75. The zero-order valence-corrected chi connectivity index (χ0v) is 10.6. The van der Waals surface area contributed by atoms with E-state index in [0.717, 1.165) is 0 Å². The van der Waals surface area contributed by atoms with Gasteiger partial charge in [-0.25, -0.2) is 0 Å². The Morgan fingerprint density at radius 1 is 1.56 bits per heavy atom. The van der Waals surface area contributed by atoms with Crippen molar-refractivity contribution in [1.82, 2.24) is 5.32 Å². The van der Waals surface area contributed by atoms with E-state index in [9.17, 15) is 4.79 Å².